The monoisotopic (exact) mass is 480 g/mol. The van der Waals surface area contributed by atoms with Gasteiger partial charge in [-0.05, 0) is 61.9 Å². The molecule has 3 aromatic rings. The van der Waals surface area contributed by atoms with E-state index in [2.05, 4.69) is 5.32 Å². The minimum absolute atomic E-state index is 0.0139. The topological polar surface area (TPSA) is 92.8 Å². The first-order valence-corrected chi connectivity index (χ1v) is 10.6. The third-order valence-electron chi connectivity index (χ3n) is 5.25. The third kappa shape index (κ3) is 4.40. The van der Waals surface area contributed by atoms with Crippen molar-refractivity contribution in [3.05, 3.63) is 93.3 Å². The highest BCUT2D eigenvalue weighted by molar-refractivity contribution is 6.35. The standard InChI is InChI=1S/C25H18ClFN2O5/c1-13-3-8-21(14(2)9-13)29-23(31)17-6-4-15(10-18(17)24(29)32)25(33)34-12-22(30)28-16-5-7-20(27)19(26)11-16/h3-11H,12H2,1-2H3,(H,28,30). The zero-order chi connectivity index (χ0) is 24.6. The Bertz CT molecular complexity index is 1370. The second kappa shape index (κ2) is 9.07. The number of carbonyl (C=O) groups is 4. The van der Waals surface area contributed by atoms with Crippen LogP contribution in [0.15, 0.2) is 54.6 Å². The van der Waals surface area contributed by atoms with Gasteiger partial charge in [0, 0.05) is 5.69 Å². The third-order valence-corrected chi connectivity index (χ3v) is 5.54. The predicted molar refractivity (Wildman–Crippen MR) is 124 cm³/mol. The summed E-state index contributed by atoms with van der Waals surface area (Å²) in [4.78, 5) is 51.4. The smallest absolute Gasteiger partial charge is 0.338 e. The maximum atomic E-state index is 13.2. The molecule has 4 rings (SSSR count). The molecule has 0 aromatic heterocycles. The molecule has 0 fully saturated rings. The van der Waals surface area contributed by atoms with Crippen molar-refractivity contribution in [1.29, 1.82) is 0 Å². The number of benzene rings is 3. The molecule has 1 heterocycles. The van der Waals surface area contributed by atoms with Crippen molar-refractivity contribution >= 4 is 46.7 Å². The number of aryl methyl sites for hydroxylation is 2. The molecular weight excluding hydrogens is 463 g/mol. The molecule has 0 bridgehead atoms. The van der Waals surface area contributed by atoms with Crippen molar-refractivity contribution in [3.63, 3.8) is 0 Å². The van der Waals surface area contributed by atoms with Crippen LogP contribution in [0.3, 0.4) is 0 Å². The van der Waals surface area contributed by atoms with Gasteiger partial charge in [-0.2, -0.15) is 0 Å². The quantitative estimate of drug-likeness (QED) is 0.422. The van der Waals surface area contributed by atoms with E-state index in [1.54, 1.807) is 19.1 Å². The lowest BCUT2D eigenvalue weighted by Crippen LogP contribution is -2.30. The lowest BCUT2D eigenvalue weighted by atomic mass is 10.1. The van der Waals surface area contributed by atoms with Crippen LogP contribution >= 0.6 is 11.6 Å². The molecule has 0 radical (unpaired) electrons. The Balaban J connectivity index is 1.46. The number of imide groups is 1. The van der Waals surface area contributed by atoms with Crippen molar-refractivity contribution < 1.29 is 28.3 Å². The molecule has 3 amide bonds. The largest absolute Gasteiger partial charge is 0.452 e. The molecule has 0 unspecified atom stereocenters. The molecule has 0 saturated carbocycles. The molecule has 0 spiro atoms. The average molecular weight is 481 g/mol. The normalized spacial score (nSPS) is 12.5. The zero-order valence-corrected chi connectivity index (χ0v) is 18.9. The van der Waals surface area contributed by atoms with Gasteiger partial charge in [-0.25, -0.2) is 14.1 Å². The first-order chi connectivity index (χ1) is 16.2. The molecule has 9 heteroatoms. The number of nitrogens with one attached hydrogen (secondary N) is 1. The number of fused-ring (bicyclic) bond motifs is 1. The Labute approximate surface area is 199 Å². The van der Waals surface area contributed by atoms with Crippen LogP contribution in [0.5, 0.6) is 0 Å². The number of hydrogen-bond acceptors (Lipinski definition) is 5. The number of amides is 3. The SMILES string of the molecule is Cc1ccc(N2C(=O)c3ccc(C(=O)OCC(=O)Nc4ccc(F)c(Cl)c4)cc3C2=O)c(C)c1. The van der Waals surface area contributed by atoms with Crippen LogP contribution in [0.4, 0.5) is 15.8 Å². The fourth-order valence-electron chi connectivity index (χ4n) is 3.63. The number of esters is 1. The molecule has 172 valence electrons. The Hall–Kier alpha value is -4.04. The van der Waals surface area contributed by atoms with Gasteiger partial charge in [0.1, 0.15) is 5.82 Å². The van der Waals surface area contributed by atoms with Gasteiger partial charge in [0.25, 0.3) is 17.7 Å². The summed E-state index contributed by atoms with van der Waals surface area (Å²) in [5.41, 5.74) is 2.73. The number of carbonyl (C=O) groups excluding carboxylic acids is 4. The van der Waals surface area contributed by atoms with Crippen molar-refractivity contribution in [1.82, 2.24) is 0 Å². The van der Waals surface area contributed by atoms with Gasteiger partial charge >= 0.3 is 5.97 Å². The van der Waals surface area contributed by atoms with E-state index in [1.165, 1.54) is 30.3 Å². The van der Waals surface area contributed by atoms with Gasteiger partial charge in [-0.15, -0.1) is 0 Å². The van der Waals surface area contributed by atoms with E-state index < -0.39 is 36.1 Å². The minimum Gasteiger partial charge on any atom is -0.452 e. The van der Waals surface area contributed by atoms with Gasteiger partial charge in [-0.1, -0.05) is 29.3 Å². The summed E-state index contributed by atoms with van der Waals surface area (Å²) in [6.07, 6.45) is 0. The molecule has 1 N–H and O–H groups in total. The fourth-order valence-corrected chi connectivity index (χ4v) is 3.81. The lowest BCUT2D eigenvalue weighted by molar-refractivity contribution is -0.119. The van der Waals surface area contributed by atoms with Gasteiger partial charge in [0.15, 0.2) is 6.61 Å². The van der Waals surface area contributed by atoms with Crippen molar-refractivity contribution in [2.45, 2.75) is 13.8 Å². The number of nitrogens with zero attached hydrogens (tertiary/aromatic N) is 1. The van der Waals surface area contributed by atoms with Crippen LogP contribution < -0.4 is 10.2 Å². The minimum atomic E-state index is -0.847. The molecule has 3 aromatic carbocycles. The van der Waals surface area contributed by atoms with E-state index >= 15 is 0 Å². The molecule has 1 aliphatic heterocycles. The molecular formula is C25H18ClFN2O5. The van der Waals surface area contributed by atoms with Crippen LogP contribution in [-0.2, 0) is 9.53 Å². The van der Waals surface area contributed by atoms with Crippen LogP contribution in [0.2, 0.25) is 5.02 Å². The maximum Gasteiger partial charge on any atom is 0.338 e. The molecule has 34 heavy (non-hydrogen) atoms. The first-order valence-electron chi connectivity index (χ1n) is 10.2. The van der Waals surface area contributed by atoms with Gasteiger partial charge in [-0.3, -0.25) is 14.4 Å². The summed E-state index contributed by atoms with van der Waals surface area (Å²) in [6, 6.07) is 13.0. The highest BCUT2D eigenvalue weighted by Crippen LogP contribution is 2.31. The maximum absolute atomic E-state index is 13.2. The Morgan fingerprint density at radius 2 is 1.71 bits per heavy atom. The van der Waals surface area contributed by atoms with E-state index in [0.717, 1.165) is 22.1 Å². The Morgan fingerprint density at radius 1 is 0.971 bits per heavy atom. The fraction of sp³-hybridized carbons (Fsp3) is 0.120. The average Bonchev–Trinajstić information content (AvgIpc) is 3.04. The predicted octanol–water partition coefficient (Wildman–Crippen LogP) is 4.69. The summed E-state index contributed by atoms with van der Waals surface area (Å²) in [5.74, 6) is -3.17. The number of halogens is 2. The van der Waals surface area contributed by atoms with Crippen molar-refractivity contribution in [3.8, 4) is 0 Å². The van der Waals surface area contributed by atoms with Gasteiger partial charge in [0.05, 0.1) is 27.4 Å². The zero-order valence-electron chi connectivity index (χ0n) is 18.1. The summed E-state index contributed by atoms with van der Waals surface area (Å²) in [5, 5.41) is 2.27. The Kier molecular flexibility index (Phi) is 6.17. The van der Waals surface area contributed by atoms with Gasteiger partial charge < -0.3 is 10.1 Å². The lowest BCUT2D eigenvalue weighted by Gasteiger charge is -2.16. The second-order valence-electron chi connectivity index (χ2n) is 7.75. The van der Waals surface area contributed by atoms with E-state index in [-0.39, 0.29) is 27.4 Å². The summed E-state index contributed by atoms with van der Waals surface area (Å²) in [7, 11) is 0. The first kappa shape index (κ1) is 23.1. The Morgan fingerprint density at radius 3 is 2.41 bits per heavy atom. The van der Waals surface area contributed by atoms with E-state index in [1.807, 2.05) is 13.0 Å². The number of ether oxygens (including phenoxy) is 1. The molecule has 0 aliphatic carbocycles. The van der Waals surface area contributed by atoms with Crippen LogP contribution in [0.25, 0.3) is 0 Å². The summed E-state index contributed by atoms with van der Waals surface area (Å²) in [6.45, 7) is 3.10. The molecule has 0 saturated heterocycles. The van der Waals surface area contributed by atoms with Crippen LogP contribution in [-0.4, -0.2) is 30.3 Å². The molecule has 1 aliphatic rings. The summed E-state index contributed by atoms with van der Waals surface area (Å²) < 4.78 is 18.2. The van der Waals surface area contributed by atoms with E-state index in [9.17, 15) is 23.6 Å². The van der Waals surface area contributed by atoms with E-state index in [0.29, 0.717) is 5.69 Å². The summed E-state index contributed by atoms with van der Waals surface area (Å²) >= 11 is 5.67. The van der Waals surface area contributed by atoms with E-state index in [4.69, 9.17) is 16.3 Å². The molecule has 0 atom stereocenters. The highest BCUT2D eigenvalue weighted by Gasteiger charge is 2.37. The molecule has 7 nitrogen and oxygen atoms in total. The number of rotatable bonds is 5. The second-order valence-corrected chi connectivity index (χ2v) is 8.16. The number of anilines is 2. The van der Waals surface area contributed by atoms with Gasteiger partial charge in [0.2, 0.25) is 0 Å². The highest BCUT2D eigenvalue weighted by atomic mass is 35.5. The number of hydrogen-bond donors (Lipinski definition) is 1. The van der Waals surface area contributed by atoms with Crippen LogP contribution in [0, 0.1) is 19.7 Å². The van der Waals surface area contributed by atoms with Crippen LogP contribution in [0.1, 0.15) is 42.2 Å². The van der Waals surface area contributed by atoms with Crippen molar-refractivity contribution in [2.75, 3.05) is 16.8 Å². The van der Waals surface area contributed by atoms with Crippen molar-refractivity contribution in [2.24, 2.45) is 0 Å².